The van der Waals surface area contributed by atoms with Crippen LogP contribution in [0.1, 0.15) is 21.7 Å². The van der Waals surface area contributed by atoms with Crippen molar-refractivity contribution >= 4 is 28.4 Å². The molecule has 6 heteroatoms. The van der Waals surface area contributed by atoms with E-state index in [9.17, 15) is 9.59 Å². The number of nitrogens with one attached hydrogen (secondary N) is 2. The number of halogens is 1. The fourth-order valence-corrected chi connectivity index (χ4v) is 2.74. The largest absolute Gasteiger partial charge is 0.352 e. The lowest BCUT2D eigenvalue weighted by Crippen LogP contribution is -2.26. The number of hydrogen-bond acceptors (Lipinski definition) is 3. The number of aromatic amines is 1. The van der Waals surface area contributed by atoms with Gasteiger partial charge in [0, 0.05) is 40.8 Å². The zero-order valence-electron chi connectivity index (χ0n) is 13.1. The molecule has 24 heavy (non-hydrogen) atoms. The van der Waals surface area contributed by atoms with Crippen molar-refractivity contribution < 1.29 is 4.79 Å². The predicted octanol–water partition coefficient (Wildman–Crippen LogP) is 2.86. The van der Waals surface area contributed by atoms with E-state index >= 15 is 0 Å². The third-order valence-corrected chi connectivity index (χ3v) is 3.89. The number of fused-ring (bicyclic) bond motifs is 1. The molecule has 0 aliphatic rings. The molecule has 0 atom stereocenters. The molecule has 0 unspecified atom stereocenters. The standard InChI is InChI=1S/C18H16ClN3O2/c1-11-9-15(14-10-12(19)5-6-16(14)21-11)18(24)20-8-7-13-3-2-4-17(23)22-13/h2-6,9-10H,7-8H2,1H3,(H,20,24)(H,22,23). The van der Waals surface area contributed by atoms with Crippen LogP contribution in [0.2, 0.25) is 5.02 Å². The monoisotopic (exact) mass is 341 g/mol. The lowest BCUT2D eigenvalue weighted by molar-refractivity contribution is 0.0955. The van der Waals surface area contributed by atoms with E-state index in [4.69, 9.17) is 11.6 Å². The molecule has 2 aromatic heterocycles. The summed E-state index contributed by atoms with van der Waals surface area (Å²) in [6.45, 7) is 2.27. The van der Waals surface area contributed by atoms with Gasteiger partial charge < -0.3 is 10.3 Å². The van der Waals surface area contributed by atoms with Gasteiger partial charge in [0.1, 0.15) is 0 Å². The number of aryl methyl sites for hydroxylation is 1. The Balaban J connectivity index is 1.78. The van der Waals surface area contributed by atoms with Crippen LogP contribution in [0.4, 0.5) is 0 Å². The van der Waals surface area contributed by atoms with Gasteiger partial charge in [-0.15, -0.1) is 0 Å². The quantitative estimate of drug-likeness (QED) is 0.766. The maximum atomic E-state index is 12.5. The van der Waals surface area contributed by atoms with Gasteiger partial charge in [-0.05, 0) is 37.3 Å². The van der Waals surface area contributed by atoms with Gasteiger partial charge in [0.25, 0.3) is 5.91 Å². The zero-order valence-corrected chi connectivity index (χ0v) is 13.9. The molecule has 0 radical (unpaired) electrons. The summed E-state index contributed by atoms with van der Waals surface area (Å²) in [6, 6.07) is 12.0. The molecule has 0 saturated heterocycles. The molecule has 0 fully saturated rings. The lowest BCUT2D eigenvalue weighted by Gasteiger charge is -2.09. The van der Waals surface area contributed by atoms with Gasteiger partial charge in [0.05, 0.1) is 11.1 Å². The van der Waals surface area contributed by atoms with Crippen molar-refractivity contribution in [3.8, 4) is 0 Å². The molecule has 1 amide bonds. The molecular weight excluding hydrogens is 326 g/mol. The van der Waals surface area contributed by atoms with Crippen LogP contribution in [0.5, 0.6) is 0 Å². The summed E-state index contributed by atoms with van der Waals surface area (Å²) in [7, 11) is 0. The van der Waals surface area contributed by atoms with E-state index in [1.54, 1.807) is 30.3 Å². The Morgan fingerprint density at radius 2 is 2.08 bits per heavy atom. The molecule has 122 valence electrons. The van der Waals surface area contributed by atoms with E-state index in [-0.39, 0.29) is 11.5 Å². The summed E-state index contributed by atoms with van der Waals surface area (Å²) in [5.74, 6) is -0.189. The van der Waals surface area contributed by atoms with Gasteiger partial charge >= 0.3 is 0 Å². The first-order chi connectivity index (χ1) is 11.5. The van der Waals surface area contributed by atoms with E-state index in [0.29, 0.717) is 23.6 Å². The van der Waals surface area contributed by atoms with Gasteiger partial charge in [-0.25, -0.2) is 0 Å². The van der Waals surface area contributed by atoms with Crippen LogP contribution in [-0.2, 0) is 6.42 Å². The molecule has 1 aromatic carbocycles. The van der Waals surface area contributed by atoms with Crippen molar-refractivity contribution in [2.75, 3.05) is 6.54 Å². The van der Waals surface area contributed by atoms with Crippen LogP contribution >= 0.6 is 11.6 Å². The molecule has 5 nitrogen and oxygen atoms in total. The topological polar surface area (TPSA) is 74.8 Å². The van der Waals surface area contributed by atoms with Gasteiger partial charge in [-0.2, -0.15) is 0 Å². The Morgan fingerprint density at radius 3 is 2.88 bits per heavy atom. The summed E-state index contributed by atoms with van der Waals surface area (Å²) in [6.07, 6.45) is 0.546. The first-order valence-corrected chi connectivity index (χ1v) is 7.94. The predicted molar refractivity (Wildman–Crippen MR) is 94.6 cm³/mol. The molecule has 3 aromatic rings. The molecular formula is C18H16ClN3O2. The molecule has 2 N–H and O–H groups in total. The second-order valence-electron chi connectivity index (χ2n) is 5.52. The number of carbonyl (C=O) groups excluding carboxylic acids is 1. The highest BCUT2D eigenvalue weighted by molar-refractivity contribution is 6.31. The minimum atomic E-state index is -0.189. The number of aromatic nitrogens is 2. The van der Waals surface area contributed by atoms with E-state index < -0.39 is 0 Å². The number of H-pyrrole nitrogens is 1. The average Bonchev–Trinajstić information content (AvgIpc) is 2.54. The fourth-order valence-electron chi connectivity index (χ4n) is 2.56. The molecule has 0 saturated carbocycles. The number of nitrogens with zero attached hydrogens (tertiary/aromatic N) is 1. The summed E-state index contributed by atoms with van der Waals surface area (Å²) in [5, 5.41) is 4.15. The van der Waals surface area contributed by atoms with Crippen molar-refractivity contribution in [1.29, 1.82) is 0 Å². The minimum absolute atomic E-state index is 0.149. The Bertz CT molecular complexity index is 966. The van der Waals surface area contributed by atoms with Crippen molar-refractivity contribution in [2.24, 2.45) is 0 Å². The molecule has 2 heterocycles. The Kier molecular flexibility index (Phi) is 4.62. The molecule has 0 aliphatic heterocycles. The van der Waals surface area contributed by atoms with Crippen molar-refractivity contribution in [1.82, 2.24) is 15.3 Å². The minimum Gasteiger partial charge on any atom is -0.352 e. The summed E-state index contributed by atoms with van der Waals surface area (Å²) in [4.78, 5) is 30.9. The van der Waals surface area contributed by atoms with Crippen molar-refractivity contribution in [3.05, 3.63) is 74.8 Å². The summed E-state index contributed by atoms with van der Waals surface area (Å²) in [5.41, 5.74) is 2.67. The van der Waals surface area contributed by atoms with E-state index in [2.05, 4.69) is 15.3 Å². The van der Waals surface area contributed by atoms with Crippen molar-refractivity contribution in [2.45, 2.75) is 13.3 Å². The number of benzene rings is 1. The van der Waals surface area contributed by atoms with Crippen LogP contribution in [-0.4, -0.2) is 22.4 Å². The first-order valence-electron chi connectivity index (χ1n) is 7.56. The van der Waals surface area contributed by atoms with Crippen LogP contribution in [0.25, 0.3) is 10.9 Å². The van der Waals surface area contributed by atoms with E-state index in [1.807, 2.05) is 13.0 Å². The average molecular weight is 342 g/mol. The zero-order chi connectivity index (χ0) is 17.1. The second-order valence-corrected chi connectivity index (χ2v) is 5.96. The molecule has 0 aliphatic carbocycles. The highest BCUT2D eigenvalue weighted by Gasteiger charge is 2.12. The van der Waals surface area contributed by atoms with Crippen LogP contribution in [0.3, 0.4) is 0 Å². The Labute approximate surface area is 143 Å². The van der Waals surface area contributed by atoms with Gasteiger partial charge in [-0.3, -0.25) is 14.6 Å². The Hall–Kier alpha value is -2.66. The third kappa shape index (κ3) is 3.63. The maximum Gasteiger partial charge on any atom is 0.252 e. The number of hydrogen-bond donors (Lipinski definition) is 2. The smallest absolute Gasteiger partial charge is 0.252 e. The summed E-state index contributed by atoms with van der Waals surface area (Å²) < 4.78 is 0. The van der Waals surface area contributed by atoms with Crippen LogP contribution < -0.4 is 10.9 Å². The number of carbonyl (C=O) groups is 1. The van der Waals surface area contributed by atoms with Crippen molar-refractivity contribution in [3.63, 3.8) is 0 Å². The Morgan fingerprint density at radius 1 is 1.25 bits per heavy atom. The second kappa shape index (κ2) is 6.84. The molecule has 0 spiro atoms. The van der Waals surface area contributed by atoms with Gasteiger partial charge in [0.15, 0.2) is 0 Å². The van der Waals surface area contributed by atoms with Gasteiger partial charge in [-0.1, -0.05) is 17.7 Å². The molecule has 0 bridgehead atoms. The maximum absolute atomic E-state index is 12.5. The number of pyridine rings is 2. The van der Waals surface area contributed by atoms with E-state index in [0.717, 1.165) is 22.3 Å². The normalized spacial score (nSPS) is 10.8. The van der Waals surface area contributed by atoms with E-state index in [1.165, 1.54) is 6.07 Å². The number of rotatable bonds is 4. The van der Waals surface area contributed by atoms with Crippen LogP contribution in [0, 0.1) is 6.92 Å². The molecule has 3 rings (SSSR count). The summed E-state index contributed by atoms with van der Waals surface area (Å²) >= 11 is 6.04. The van der Waals surface area contributed by atoms with Crippen LogP contribution in [0.15, 0.2) is 47.3 Å². The number of amides is 1. The first kappa shape index (κ1) is 16.2. The fraction of sp³-hybridized carbons (Fsp3) is 0.167. The highest BCUT2D eigenvalue weighted by Crippen LogP contribution is 2.22. The van der Waals surface area contributed by atoms with Gasteiger partial charge in [0.2, 0.25) is 5.56 Å². The third-order valence-electron chi connectivity index (χ3n) is 3.65. The SMILES string of the molecule is Cc1cc(C(=O)NCCc2cccc(=O)[nH]2)c2cc(Cl)ccc2n1. The highest BCUT2D eigenvalue weighted by atomic mass is 35.5. The lowest BCUT2D eigenvalue weighted by atomic mass is 10.1.